The fourth-order valence-electron chi connectivity index (χ4n) is 2.06. The molecule has 2 rings (SSSR count). The van der Waals surface area contributed by atoms with E-state index in [1.54, 1.807) is 4.90 Å². The van der Waals surface area contributed by atoms with Gasteiger partial charge in [0.05, 0.1) is 12.4 Å². The van der Waals surface area contributed by atoms with Crippen molar-refractivity contribution in [3.8, 4) is 0 Å². The van der Waals surface area contributed by atoms with Gasteiger partial charge in [-0.15, -0.1) is 0 Å². The number of carbonyl (C=O) groups excluding carboxylic acids is 1. The molecule has 8 heteroatoms. The van der Waals surface area contributed by atoms with Gasteiger partial charge in [-0.2, -0.15) is 0 Å². The van der Waals surface area contributed by atoms with Gasteiger partial charge in [0.1, 0.15) is 11.4 Å². The van der Waals surface area contributed by atoms with Crippen LogP contribution in [0.4, 0.5) is 10.6 Å². The number of rotatable bonds is 2. The van der Waals surface area contributed by atoms with Crippen molar-refractivity contribution in [2.45, 2.75) is 26.4 Å². The number of carbonyl (C=O) groups is 2. The number of nitrogens with zero attached hydrogens (tertiary/aromatic N) is 4. The van der Waals surface area contributed by atoms with Gasteiger partial charge in [-0.3, -0.25) is 4.98 Å². The molecule has 1 fully saturated rings. The number of hydrogen-bond acceptors (Lipinski definition) is 6. The average molecular weight is 308 g/mol. The van der Waals surface area contributed by atoms with E-state index in [1.807, 2.05) is 25.7 Å². The van der Waals surface area contributed by atoms with Crippen molar-refractivity contribution in [1.82, 2.24) is 14.9 Å². The van der Waals surface area contributed by atoms with Crippen molar-refractivity contribution in [3.63, 3.8) is 0 Å². The van der Waals surface area contributed by atoms with Crippen molar-refractivity contribution >= 4 is 17.9 Å². The van der Waals surface area contributed by atoms with E-state index in [2.05, 4.69) is 9.97 Å². The molecule has 0 atom stereocenters. The summed E-state index contributed by atoms with van der Waals surface area (Å²) < 4.78 is 5.33. The first-order valence-electron chi connectivity index (χ1n) is 7.04. The van der Waals surface area contributed by atoms with E-state index in [0.717, 1.165) is 0 Å². The van der Waals surface area contributed by atoms with Crippen LogP contribution < -0.4 is 4.90 Å². The Morgan fingerprint density at radius 2 is 1.82 bits per heavy atom. The Balaban J connectivity index is 1.96. The maximum atomic E-state index is 12.0. The Kier molecular flexibility index (Phi) is 4.48. The van der Waals surface area contributed by atoms with E-state index in [1.165, 1.54) is 12.4 Å². The predicted molar refractivity (Wildman–Crippen MR) is 79.0 cm³/mol. The quantitative estimate of drug-likeness (QED) is 0.877. The summed E-state index contributed by atoms with van der Waals surface area (Å²) in [5.74, 6) is -0.606. The van der Waals surface area contributed by atoms with Crippen molar-refractivity contribution in [1.29, 1.82) is 0 Å². The number of ether oxygens (including phenoxy) is 1. The maximum Gasteiger partial charge on any atom is 0.410 e. The number of aromatic carboxylic acids is 1. The lowest BCUT2D eigenvalue weighted by atomic mass is 10.2. The monoisotopic (exact) mass is 308 g/mol. The molecular formula is C14H20N4O4. The van der Waals surface area contributed by atoms with Crippen LogP contribution >= 0.6 is 0 Å². The summed E-state index contributed by atoms with van der Waals surface area (Å²) in [6.45, 7) is 7.58. The smallest absolute Gasteiger partial charge is 0.410 e. The van der Waals surface area contributed by atoms with Crippen LogP contribution in [0.5, 0.6) is 0 Å². The Labute approximate surface area is 128 Å². The summed E-state index contributed by atoms with van der Waals surface area (Å²) in [7, 11) is 0. The molecule has 0 saturated carbocycles. The number of amides is 1. The van der Waals surface area contributed by atoms with Gasteiger partial charge >= 0.3 is 12.1 Å². The van der Waals surface area contributed by atoms with Gasteiger partial charge in [-0.05, 0) is 20.8 Å². The molecule has 1 aromatic heterocycles. The van der Waals surface area contributed by atoms with Crippen molar-refractivity contribution in [2.24, 2.45) is 0 Å². The molecule has 1 N–H and O–H groups in total. The number of carboxylic acids is 1. The molecule has 1 aliphatic rings. The first-order chi connectivity index (χ1) is 10.3. The first-order valence-corrected chi connectivity index (χ1v) is 7.04. The Morgan fingerprint density at radius 3 is 2.36 bits per heavy atom. The van der Waals surface area contributed by atoms with E-state index in [4.69, 9.17) is 9.84 Å². The van der Waals surface area contributed by atoms with Crippen LogP contribution in [0.3, 0.4) is 0 Å². The van der Waals surface area contributed by atoms with Gasteiger partial charge in [-0.25, -0.2) is 14.6 Å². The van der Waals surface area contributed by atoms with Gasteiger partial charge in [0.25, 0.3) is 0 Å². The summed E-state index contributed by atoms with van der Waals surface area (Å²) >= 11 is 0. The molecule has 0 bridgehead atoms. The molecular weight excluding hydrogens is 288 g/mol. The minimum absolute atomic E-state index is 0.0907. The summed E-state index contributed by atoms with van der Waals surface area (Å²) in [6.07, 6.45) is 2.40. The fourth-order valence-corrected chi connectivity index (χ4v) is 2.06. The summed E-state index contributed by atoms with van der Waals surface area (Å²) in [4.78, 5) is 34.4. The molecule has 2 heterocycles. The minimum Gasteiger partial charge on any atom is -0.476 e. The van der Waals surface area contributed by atoms with Crippen molar-refractivity contribution in [2.75, 3.05) is 31.1 Å². The largest absolute Gasteiger partial charge is 0.476 e. The van der Waals surface area contributed by atoms with Crippen LogP contribution in [0, 0.1) is 0 Å². The van der Waals surface area contributed by atoms with Crippen molar-refractivity contribution < 1.29 is 19.4 Å². The van der Waals surface area contributed by atoms with Crippen LogP contribution in [0.15, 0.2) is 12.4 Å². The standard InChI is InChI=1S/C14H20N4O4/c1-14(2,3)22-13(21)18-6-4-17(5-7-18)11-9-15-8-10(16-11)12(19)20/h8-9H,4-7H2,1-3H3,(H,19,20). The molecule has 0 radical (unpaired) electrons. The van der Waals surface area contributed by atoms with Crippen LogP contribution in [-0.2, 0) is 4.74 Å². The lowest BCUT2D eigenvalue weighted by Gasteiger charge is -2.36. The molecule has 8 nitrogen and oxygen atoms in total. The van der Waals surface area contributed by atoms with Crippen LogP contribution in [0.2, 0.25) is 0 Å². The third-order valence-corrected chi connectivity index (χ3v) is 3.10. The molecule has 0 unspecified atom stereocenters. The van der Waals surface area contributed by atoms with Gasteiger partial charge in [-0.1, -0.05) is 0 Å². The Bertz CT molecular complexity index is 562. The number of anilines is 1. The van der Waals surface area contributed by atoms with E-state index < -0.39 is 11.6 Å². The second-order valence-electron chi connectivity index (χ2n) is 6.02. The van der Waals surface area contributed by atoms with Crippen LogP contribution in [0.1, 0.15) is 31.3 Å². The van der Waals surface area contributed by atoms with Crippen LogP contribution in [-0.4, -0.2) is 63.8 Å². The normalized spacial score (nSPS) is 15.6. The van der Waals surface area contributed by atoms with Crippen LogP contribution in [0.25, 0.3) is 0 Å². The van der Waals surface area contributed by atoms with Gasteiger partial charge in [0.15, 0.2) is 5.69 Å². The third kappa shape index (κ3) is 4.06. The van der Waals surface area contributed by atoms with E-state index in [0.29, 0.717) is 32.0 Å². The highest BCUT2D eigenvalue weighted by molar-refractivity contribution is 5.85. The molecule has 120 valence electrons. The topological polar surface area (TPSA) is 95.9 Å². The second kappa shape index (κ2) is 6.17. The van der Waals surface area contributed by atoms with E-state index in [-0.39, 0.29) is 11.8 Å². The molecule has 1 aliphatic heterocycles. The molecule has 0 aromatic carbocycles. The summed E-state index contributed by atoms with van der Waals surface area (Å²) in [5, 5.41) is 8.94. The summed E-state index contributed by atoms with van der Waals surface area (Å²) in [5.41, 5.74) is -0.609. The van der Waals surface area contributed by atoms with Gasteiger partial charge < -0.3 is 19.6 Å². The molecule has 1 aromatic rings. The minimum atomic E-state index is -1.11. The Hall–Kier alpha value is -2.38. The average Bonchev–Trinajstić information content (AvgIpc) is 2.46. The van der Waals surface area contributed by atoms with Gasteiger partial charge in [0.2, 0.25) is 0 Å². The number of carboxylic acid groups (broad SMARTS) is 1. The van der Waals surface area contributed by atoms with E-state index in [9.17, 15) is 9.59 Å². The lowest BCUT2D eigenvalue weighted by molar-refractivity contribution is 0.0240. The molecule has 22 heavy (non-hydrogen) atoms. The zero-order valence-corrected chi connectivity index (χ0v) is 12.9. The lowest BCUT2D eigenvalue weighted by Crippen LogP contribution is -2.50. The molecule has 1 saturated heterocycles. The second-order valence-corrected chi connectivity index (χ2v) is 6.02. The van der Waals surface area contributed by atoms with Crippen molar-refractivity contribution in [3.05, 3.63) is 18.1 Å². The zero-order chi connectivity index (χ0) is 16.3. The number of piperazine rings is 1. The molecule has 0 aliphatic carbocycles. The first kappa shape index (κ1) is 16.0. The zero-order valence-electron chi connectivity index (χ0n) is 12.9. The fraction of sp³-hybridized carbons (Fsp3) is 0.571. The molecule has 0 spiro atoms. The highest BCUT2D eigenvalue weighted by Gasteiger charge is 2.26. The predicted octanol–water partition coefficient (Wildman–Crippen LogP) is 1.23. The highest BCUT2D eigenvalue weighted by Crippen LogP contribution is 2.15. The number of aromatic nitrogens is 2. The summed E-state index contributed by atoms with van der Waals surface area (Å²) in [6, 6.07) is 0. The number of hydrogen-bond donors (Lipinski definition) is 1. The third-order valence-electron chi connectivity index (χ3n) is 3.10. The highest BCUT2D eigenvalue weighted by atomic mass is 16.6. The van der Waals surface area contributed by atoms with E-state index >= 15 is 0 Å². The SMILES string of the molecule is CC(C)(C)OC(=O)N1CCN(c2cncc(C(=O)O)n2)CC1. The van der Waals surface area contributed by atoms with Gasteiger partial charge in [0, 0.05) is 26.2 Å². The molecule has 1 amide bonds. The Morgan fingerprint density at radius 1 is 1.18 bits per heavy atom. The maximum absolute atomic E-state index is 12.0.